The maximum atomic E-state index is 2.56. The molecule has 274 valence electrons. The molecule has 0 radical (unpaired) electrons. The Bertz CT molecular complexity index is 2830. The summed E-state index contributed by atoms with van der Waals surface area (Å²) in [6.45, 7) is 4.28. The van der Waals surface area contributed by atoms with Gasteiger partial charge in [-0.3, -0.25) is 0 Å². The fourth-order valence-electron chi connectivity index (χ4n) is 9.28. The molecule has 10 rings (SSSR count). The molecule has 0 saturated carbocycles. The molecule has 0 N–H and O–H groups in total. The van der Waals surface area contributed by atoms with Crippen molar-refractivity contribution in [2.75, 3.05) is 4.90 Å². The summed E-state index contributed by atoms with van der Waals surface area (Å²) in [6.07, 6.45) is 12.5. The van der Waals surface area contributed by atoms with Crippen molar-refractivity contribution in [2.24, 2.45) is 0 Å². The summed E-state index contributed by atoms with van der Waals surface area (Å²) in [7, 11) is 0. The molecule has 0 fully saturated rings. The third-order valence-electron chi connectivity index (χ3n) is 11.8. The van der Waals surface area contributed by atoms with E-state index in [1.54, 1.807) is 0 Å². The first-order valence-corrected chi connectivity index (χ1v) is 20.2. The van der Waals surface area contributed by atoms with Gasteiger partial charge in [0.2, 0.25) is 0 Å². The molecule has 2 atom stereocenters. The van der Waals surface area contributed by atoms with E-state index < -0.39 is 0 Å². The number of aromatic nitrogens is 1. The molecule has 1 aliphatic heterocycles. The number of para-hydroxylation sites is 3. The van der Waals surface area contributed by atoms with Gasteiger partial charge in [-0.25, -0.2) is 0 Å². The second kappa shape index (κ2) is 14.6. The van der Waals surface area contributed by atoms with Gasteiger partial charge in [-0.05, 0) is 106 Å². The molecule has 0 saturated heterocycles. The summed E-state index contributed by atoms with van der Waals surface area (Å²) in [5.41, 5.74) is 18.8. The Labute approximate surface area is 336 Å². The van der Waals surface area contributed by atoms with Crippen LogP contribution >= 0.6 is 0 Å². The fourth-order valence-corrected chi connectivity index (χ4v) is 9.28. The van der Waals surface area contributed by atoms with Crippen LogP contribution in [0.4, 0.5) is 11.4 Å². The van der Waals surface area contributed by atoms with E-state index in [2.05, 4.69) is 230 Å². The molecule has 2 heteroatoms. The fraction of sp³-hybridized carbons (Fsp3) is 0.0909. The van der Waals surface area contributed by atoms with E-state index in [9.17, 15) is 0 Å². The first kappa shape index (κ1) is 34.6. The van der Waals surface area contributed by atoms with Crippen molar-refractivity contribution in [3.05, 3.63) is 223 Å². The number of benzene rings is 7. The molecule has 0 bridgehead atoms. The van der Waals surface area contributed by atoms with Crippen molar-refractivity contribution < 1.29 is 0 Å². The number of fused-ring (bicyclic) bond motifs is 7. The maximum Gasteiger partial charge on any atom is 0.0637 e. The average Bonchev–Trinajstić information content (AvgIpc) is 3.80. The maximum absolute atomic E-state index is 2.56. The largest absolute Gasteiger partial charge is 0.333 e. The zero-order chi connectivity index (χ0) is 38.3. The second-order valence-electron chi connectivity index (χ2n) is 15.1. The number of hydrogen-bond acceptors (Lipinski definition) is 1. The van der Waals surface area contributed by atoms with Crippen molar-refractivity contribution in [1.82, 2.24) is 4.57 Å². The SMILES string of the molecule is C/C=C\C(=C/CC)c1cccc(-c2ccc(N3c4ccccc4C4c5c(n(-c6ccccc6-c6ccc(-c7ccccc7)cc6)c6ccccc56)C=CC43)cc2)c1. The Hall–Kier alpha value is -6.90. The summed E-state index contributed by atoms with van der Waals surface area (Å²) in [5, 5.41) is 1.31. The first-order valence-electron chi connectivity index (χ1n) is 20.2. The predicted molar refractivity (Wildman–Crippen MR) is 242 cm³/mol. The van der Waals surface area contributed by atoms with Gasteiger partial charge in [-0.1, -0.05) is 171 Å². The molecule has 8 aromatic rings. The van der Waals surface area contributed by atoms with Gasteiger partial charge in [-0.15, -0.1) is 0 Å². The smallest absolute Gasteiger partial charge is 0.0637 e. The normalized spacial score (nSPS) is 15.9. The van der Waals surface area contributed by atoms with Gasteiger partial charge < -0.3 is 9.47 Å². The monoisotopic (exact) mass is 732 g/mol. The van der Waals surface area contributed by atoms with Crippen molar-refractivity contribution >= 4 is 33.9 Å². The lowest BCUT2D eigenvalue weighted by molar-refractivity contribution is 0.725. The lowest BCUT2D eigenvalue weighted by Crippen LogP contribution is -2.30. The Balaban J connectivity index is 1.05. The molecule has 57 heavy (non-hydrogen) atoms. The third kappa shape index (κ3) is 5.97. The highest BCUT2D eigenvalue weighted by Gasteiger charge is 2.43. The molecule has 0 spiro atoms. The topological polar surface area (TPSA) is 8.17 Å². The standard InChI is InChI=1S/C55H44N2/c1-3-15-38(16-4-2)43-19-14-20-44(37-43)41-31-33-45(34-32-41)56-50-25-12-9-22-47(50)54-52(56)35-36-53-55(54)48-23-10-13-26-51(48)57(53)49-24-11-8-21-46(49)42-29-27-40(28-30-42)39-17-6-5-7-18-39/h3,5-37,52,54H,4H2,1-2H3/b15-3-,38-16+. The van der Waals surface area contributed by atoms with Crippen LogP contribution in [0.2, 0.25) is 0 Å². The minimum atomic E-state index is 0.145. The van der Waals surface area contributed by atoms with Gasteiger partial charge in [-0.2, -0.15) is 0 Å². The molecule has 7 aromatic carbocycles. The summed E-state index contributed by atoms with van der Waals surface area (Å²) in [4.78, 5) is 2.56. The number of rotatable bonds is 8. The zero-order valence-electron chi connectivity index (χ0n) is 32.4. The van der Waals surface area contributed by atoms with Crippen LogP contribution in [0.3, 0.4) is 0 Å². The van der Waals surface area contributed by atoms with Crippen molar-refractivity contribution in [1.29, 1.82) is 0 Å². The molecule has 0 amide bonds. The Kier molecular flexibility index (Phi) is 8.88. The Morgan fingerprint density at radius 2 is 1.25 bits per heavy atom. The van der Waals surface area contributed by atoms with Crippen LogP contribution in [0.15, 0.2) is 200 Å². The molecule has 2 nitrogen and oxygen atoms in total. The van der Waals surface area contributed by atoms with Crippen LogP contribution in [0.25, 0.3) is 61.6 Å². The molecule has 1 aliphatic carbocycles. The van der Waals surface area contributed by atoms with Crippen LogP contribution in [0, 0.1) is 0 Å². The quantitative estimate of drug-likeness (QED) is 0.141. The summed E-state index contributed by atoms with van der Waals surface area (Å²) in [6, 6.07) is 64.8. The van der Waals surface area contributed by atoms with Crippen molar-refractivity contribution in [2.45, 2.75) is 32.2 Å². The molecular formula is C55H44N2. The summed E-state index contributed by atoms with van der Waals surface area (Å²) < 4.78 is 2.50. The number of nitrogens with zero attached hydrogens (tertiary/aromatic N) is 2. The highest BCUT2D eigenvalue weighted by atomic mass is 15.2. The van der Waals surface area contributed by atoms with E-state index in [4.69, 9.17) is 0 Å². The predicted octanol–water partition coefficient (Wildman–Crippen LogP) is 14.7. The summed E-state index contributed by atoms with van der Waals surface area (Å²) in [5.74, 6) is 0.177. The van der Waals surface area contributed by atoms with Gasteiger partial charge in [0, 0.05) is 28.2 Å². The molecule has 2 aliphatic rings. The van der Waals surface area contributed by atoms with Crippen LogP contribution in [-0.4, -0.2) is 10.6 Å². The zero-order valence-corrected chi connectivity index (χ0v) is 32.4. The first-order chi connectivity index (χ1) is 28.2. The van der Waals surface area contributed by atoms with Gasteiger partial charge in [0.15, 0.2) is 0 Å². The van der Waals surface area contributed by atoms with E-state index >= 15 is 0 Å². The average molecular weight is 733 g/mol. The van der Waals surface area contributed by atoms with Crippen LogP contribution in [0.1, 0.15) is 48.6 Å². The lowest BCUT2D eigenvalue weighted by atomic mass is 9.82. The minimum absolute atomic E-state index is 0.145. The third-order valence-corrected chi connectivity index (χ3v) is 11.8. The Morgan fingerprint density at radius 1 is 0.596 bits per heavy atom. The Morgan fingerprint density at radius 3 is 2.05 bits per heavy atom. The molecule has 2 unspecified atom stereocenters. The van der Waals surface area contributed by atoms with Gasteiger partial charge in [0.25, 0.3) is 0 Å². The van der Waals surface area contributed by atoms with Crippen LogP contribution in [0.5, 0.6) is 0 Å². The van der Waals surface area contributed by atoms with Crippen molar-refractivity contribution in [3.63, 3.8) is 0 Å². The van der Waals surface area contributed by atoms with E-state index in [0.29, 0.717) is 0 Å². The lowest BCUT2D eigenvalue weighted by Gasteiger charge is -2.31. The molecule has 1 aromatic heterocycles. The van der Waals surface area contributed by atoms with Crippen LogP contribution in [-0.2, 0) is 0 Å². The summed E-state index contributed by atoms with van der Waals surface area (Å²) >= 11 is 0. The van der Waals surface area contributed by atoms with E-state index in [1.165, 1.54) is 89.3 Å². The van der Waals surface area contributed by atoms with E-state index in [0.717, 1.165) is 6.42 Å². The highest BCUT2D eigenvalue weighted by Crippen LogP contribution is 2.54. The number of hydrogen-bond donors (Lipinski definition) is 0. The molecular weight excluding hydrogens is 689 g/mol. The number of anilines is 2. The number of allylic oxidation sites excluding steroid dienone is 4. The molecule has 2 heterocycles. The van der Waals surface area contributed by atoms with Gasteiger partial charge >= 0.3 is 0 Å². The highest BCUT2D eigenvalue weighted by molar-refractivity contribution is 5.96. The van der Waals surface area contributed by atoms with E-state index in [-0.39, 0.29) is 12.0 Å². The van der Waals surface area contributed by atoms with E-state index in [1.807, 2.05) is 0 Å². The van der Waals surface area contributed by atoms with Gasteiger partial charge in [0.1, 0.15) is 0 Å². The van der Waals surface area contributed by atoms with Crippen molar-refractivity contribution in [3.8, 4) is 39.1 Å². The van der Waals surface area contributed by atoms with Gasteiger partial charge in [0.05, 0.1) is 22.9 Å². The van der Waals surface area contributed by atoms with Crippen LogP contribution < -0.4 is 4.90 Å². The second-order valence-corrected chi connectivity index (χ2v) is 15.1. The minimum Gasteiger partial charge on any atom is -0.333 e.